The van der Waals surface area contributed by atoms with Gasteiger partial charge in [0.1, 0.15) is 11.4 Å². The van der Waals surface area contributed by atoms with Crippen LogP contribution in [0.25, 0.3) is 0 Å². The summed E-state index contributed by atoms with van der Waals surface area (Å²) in [6, 6.07) is 12.5. The predicted molar refractivity (Wildman–Crippen MR) is 65.4 cm³/mol. The molecule has 6 nitrogen and oxygen atoms in total. The summed E-state index contributed by atoms with van der Waals surface area (Å²) >= 11 is 0. The molecule has 6 heteroatoms. The Hall–Kier alpha value is -2.76. The first kappa shape index (κ1) is 11.7. The summed E-state index contributed by atoms with van der Waals surface area (Å²) < 4.78 is 0. The molecule has 0 atom stereocenters. The zero-order valence-corrected chi connectivity index (χ0v) is 9.22. The standard InChI is InChI=1S/C12H9N3O3/c16-12-7-6-10(15(17)18)8-11(12)14-13-9-4-2-1-3-5-9/h1-8,16H/b14-13+. The molecule has 0 fully saturated rings. The van der Waals surface area contributed by atoms with Crippen LogP contribution in [-0.2, 0) is 0 Å². The van der Waals surface area contributed by atoms with E-state index in [9.17, 15) is 15.2 Å². The number of azo groups is 1. The summed E-state index contributed by atoms with van der Waals surface area (Å²) in [6.45, 7) is 0. The molecule has 1 N–H and O–H groups in total. The van der Waals surface area contributed by atoms with E-state index >= 15 is 0 Å². The van der Waals surface area contributed by atoms with E-state index in [0.29, 0.717) is 5.69 Å². The second-order valence-electron chi connectivity index (χ2n) is 3.47. The van der Waals surface area contributed by atoms with E-state index in [2.05, 4.69) is 10.2 Å². The van der Waals surface area contributed by atoms with Gasteiger partial charge in [-0.25, -0.2) is 0 Å². The molecule has 2 rings (SSSR count). The normalized spacial score (nSPS) is 10.7. The quantitative estimate of drug-likeness (QED) is 0.506. The van der Waals surface area contributed by atoms with Crippen LogP contribution in [0.4, 0.5) is 17.1 Å². The number of rotatable bonds is 3. The number of phenols is 1. The number of phenolic OH excluding ortho intramolecular Hbond substituents is 1. The molecule has 0 radical (unpaired) electrons. The van der Waals surface area contributed by atoms with Gasteiger partial charge in [0.15, 0.2) is 0 Å². The van der Waals surface area contributed by atoms with Crippen LogP contribution >= 0.6 is 0 Å². The summed E-state index contributed by atoms with van der Waals surface area (Å²) in [5, 5.41) is 27.8. The van der Waals surface area contributed by atoms with Crippen molar-refractivity contribution in [1.29, 1.82) is 0 Å². The Balaban J connectivity index is 2.31. The molecule has 0 bridgehead atoms. The van der Waals surface area contributed by atoms with Crippen LogP contribution in [-0.4, -0.2) is 10.0 Å². The Morgan fingerprint density at radius 3 is 2.44 bits per heavy atom. The van der Waals surface area contributed by atoms with Gasteiger partial charge in [0.25, 0.3) is 5.69 Å². The first-order valence-corrected chi connectivity index (χ1v) is 5.11. The molecule has 0 aliphatic heterocycles. The Kier molecular flexibility index (Phi) is 3.29. The lowest BCUT2D eigenvalue weighted by Crippen LogP contribution is -1.86. The van der Waals surface area contributed by atoms with Crippen molar-refractivity contribution in [3.8, 4) is 5.75 Å². The van der Waals surface area contributed by atoms with E-state index in [1.54, 1.807) is 24.3 Å². The van der Waals surface area contributed by atoms with Gasteiger partial charge in [-0.3, -0.25) is 10.1 Å². The molecule has 0 saturated carbocycles. The number of aromatic hydroxyl groups is 1. The molecule has 0 unspecified atom stereocenters. The van der Waals surface area contributed by atoms with Gasteiger partial charge in [0.05, 0.1) is 10.6 Å². The molecule has 0 aliphatic rings. The van der Waals surface area contributed by atoms with Crippen molar-refractivity contribution in [1.82, 2.24) is 0 Å². The fraction of sp³-hybridized carbons (Fsp3) is 0. The van der Waals surface area contributed by atoms with Crippen LogP contribution < -0.4 is 0 Å². The highest BCUT2D eigenvalue weighted by molar-refractivity contribution is 5.56. The molecule has 0 heterocycles. The second kappa shape index (κ2) is 5.05. The third kappa shape index (κ3) is 2.67. The lowest BCUT2D eigenvalue weighted by molar-refractivity contribution is -0.384. The summed E-state index contributed by atoms with van der Waals surface area (Å²) in [5.74, 6) is -0.153. The van der Waals surface area contributed by atoms with Crippen LogP contribution in [0.15, 0.2) is 58.8 Å². The van der Waals surface area contributed by atoms with Crippen LogP contribution in [0.1, 0.15) is 0 Å². The summed E-state index contributed by atoms with van der Waals surface area (Å²) in [6.07, 6.45) is 0. The van der Waals surface area contributed by atoms with Gasteiger partial charge in [-0.1, -0.05) is 18.2 Å². The van der Waals surface area contributed by atoms with E-state index in [0.717, 1.165) is 0 Å². The van der Waals surface area contributed by atoms with E-state index < -0.39 is 4.92 Å². The number of hydrogen-bond donors (Lipinski definition) is 1. The number of nitrogens with zero attached hydrogens (tertiary/aromatic N) is 3. The number of nitro benzene ring substituents is 1. The van der Waals surface area contributed by atoms with Crippen molar-refractivity contribution in [2.24, 2.45) is 10.2 Å². The maximum absolute atomic E-state index is 10.6. The van der Waals surface area contributed by atoms with Crippen LogP contribution in [0.3, 0.4) is 0 Å². The fourth-order valence-electron chi connectivity index (χ4n) is 1.31. The highest BCUT2D eigenvalue weighted by atomic mass is 16.6. The van der Waals surface area contributed by atoms with E-state index in [-0.39, 0.29) is 17.1 Å². The van der Waals surface area contributed by atoms with Crippen LogP contribution in [0, 0.1) is 10.1 Å². The molecule has 0 spiro atoms. The van der Waals surface area contributed by atoms with E-state index in [4.69, 9.17) is 0 Å². The monoisotopic (exact) mass is 243 g/mol. The molecular formula is C12H9N3O3. The van der Waals surface area contributed by atoms with Crippen molar-refractivity contribution >= 4 is 17.1 Å². The molecule has 0 aromatic heterocycles. The van der Waals surface area contributed by atoms with Gasteiger partial charge >= 0.3 is 0 Å². The number of non-ortho nitro benzene ring substituents is 1. The highest BCUT2D eigenvalue weighted by Crippen LogP contribution is 2.31. The lowest BCUT2D eigenvalue weighted by Gasteiger charge is -1.97. The highest BCUT2D eigenvalue weighted by Gasteiger charge is 2.09. The largest absolute Gasteiger partial charge is 0.506 e. The van der Waals surface area contributed by atoms with Gasteiger partial charge < -0.3 is 5.11 Å². The molecule has 18 heavy (non-hydrogen) atoms. The molecule has 2 aromatic carbocycles. The average Bonchev–Trinajstić information content (AvgIpc) is 2.38. The summed E-state index contributed by atoms with van der Waals surface area (Å²) in [5.41, 5.74) is 0.520. The van der Waals surface area contributed by atoms with Gasteiger partial charge in [-0.2, -0.15) is 5.11 Å². The molecular weight excluding hydrogens is 234 g/mol. The van der Waals surface area contributed by atoms with Gasteiger partial charge in [0.2, 0.25) is 0 Å². The minimum Gasteiger partial charge on any atom is -0.506 e. The average molecular weight is 243 g/mol. The maximum atomic E-state index is 10.6. The Labute approximate surface area is 102 Å². The summed E-state index contributed by atoms with van der Waals surface area (Å²) in [4.78, 5) is 10.0. The third-order valence-corrected chi connectivity index (χ3v) is 2.20. The van der Waals surface area contributed by atoms with Crippen molar-refractivity contribution in [2.75, 3.05) is 0 Å². The zero-order chi connectivity index (χ0) is 13.0. The second-order valence-corrected chi connectivity index (χ2v) is 3.47. The van der Waals surface area contributed by atoms with E-state index in [1.807, 2.05) is 6.07 Å². The van der Waals surface area contributed by atoms with Gasteiger partial charge in [-0.15, -0.1) is 5.11 Å². The number of nitro groups is 1. The Morgan fingerprint density at radius 1 is 1.06 bits per heavy atom. The lowest BCUT2D eigenvalue weighted by atomic mass is 10.2. The predicted octanol–water partition coefficient (Wildman–Crippen LogP) is 3.72. The molecule has 90 valence electrons. The number of hydrogen-bond acceptors (Lipinski definition) is 5. The van der Waals surface area contributed by atoms with Crippen molar-refractivity contribution in [2.45, 2.75) is 0 Å². The smallest absolute Gasteiger partial charge is 0.271 e. The molecule has 0 amide bonds. The van der Waals surface area contributed by atoms with Crippen molar-refractivity contribution in [3.05, 3.63) is 58.6 Å². The van der Waals surface area contributed by atoms with Crippen molar-refractivity contribution in [3.63, 3.8) is 0 Å². The molecule has 0 aliphatic carbocycles. The minimum absolute atomic E-state index is 0.0630. The minimum atomic E-state index is -0.555. The SMILES string of the molecule is O=[N+]([O-])c1ccc(O)c(/N=N/c2ccccc2)c1. The maximum Gasteiger partial charge on any atom is 0.271 e. The van der Waals surface area contributed by atoms with Crippen LogP contribution in [0.5, 0.6) is 5.75 Å². The fourth-order valence-corrected chi connectivity index (χ4v) is 1.31. The summed E-state index contributed by atoms with van der Waals surface area (Å²) in [7, 11) is 0. The Morgan fingerprint density at radius 2 is 1.78 bits per heavy atom. The third-order valence-electron chi connectivity index (χ3n) is 2.20. The topological polar surface area (TPSA) is 88.1 Å². The Bertz CT molecular complexity index is 597. The first-order valence-electron chi connectivity index (χ1n) is 5.11. The van der Waals surface area contributed by atoms with Gasteiger partial charge in [0, 0.05) is 12.1 Å². The first-order chi connectivity index (χ1) is 8.66. The van der Waals surface area contributed by atoms with Crippen LogP contribution in [0.2, 0.25) is 0 Å². The molecule has 2 aromatic rings. The van der Waals surface area contributed by atoms with Crippen molar-refractivity contribution < 1.29 is 10.0 Å². The van der Waals surface area contributed by atoms with Gasteiger partial charge in [-0.05, 0) is 18.2 Å². The zero-order valence-electron chi connectivity index (χ0n) is 9.22. The number of benzene rings is 2. The van der Waals surface area contributed by atoms with E-state index in [1.165, 1.54) is 18.2 Å². The molecule has 0 saturated heterocycles.